The second kappa shape index (κ2) is 29.0. The Morgan fingerprint density at radius 3 is 1.47 bits per heavy atom. The molecule has 2 rings (SSSR count). The Balaban J connectivity index is 2.37. The summed E-state index contributed by atoms with van der Waals surface area (Å²) in [5.41, 5.74) is 6.84. The third-order valence-electron chi connectivity index (χ3n) is 10.7. The molecule has 10 nitrogen and oxygen atoms in total. The summed E-state index contributed by atoms with van der Waals surface area (Å²) in [5.74, 6) is 6.39. The number of ether oxygens (including phenoxy) is 3. The van der Waals surface area contributed by atoms with Crippen LogP contribution in [0.25, 0.3) is 11.4 Å². The Kier molecular flexibility index (Phi) is 25.4. The molecular weight excluding hydrogens is 713 g/mol. The number of nitrogen functional groups attached to an aromatic ring is 1. The predicted octanol–water partition coefficient (Wildman–Crippen LogP) is 12.9. The summed E-state index contributed by atoms with van der Waals surface area (Å²) in [5, 5.41) is 5.56. The van der Waals surface area contributed by atoms with Crippen molar-refractivity contribution in [2.24, 2.45) is 35.5 Å². The van der Waals surface area contributed by atoms with E-state index < -0.39 is 0 Å². The minimum Gasteiger partial charge on any atom is -0.490 e. The Labute approximate surface area is 348 Å². The quantitative estimate of drug-likeness (QED) is 0.0623. The maximum atomic E-state index is 12.6. The van der Waals surface area contributed by atoms with Gasteiger partial charge in [-0.3, -0.25) is 5.32 Å². The highest BCUT2D eigenvalue weighted by Gasteiger charge is 2.20. The van der Waals surface area contributed by atoms with E-state index in [1.54, 1.807) is 0 Å². The molecule has 2 amide bonds. The highest BCUT2D eigenvalue weighted by Crippen LogP contribution is 2.42. The SMILES string of the molecule is CCCCNC(=O)Nc1nc(N)nc(-c2cc(OCCCC(C)CCCC(C)C)c(OCCCC(C)CCCC(C)C)c(OCCCC(C)CCCC(C)C)c2)n1. The van der Waals surface area contributed by atoms with E-state index in [9.17, 15) is 4.79 Å². The summed E-state index contributed by atoms with van der Waals surface area (Å²) >= 11 is 0. The number of urea groups is 1. The summed E-state index contributed by atoms with van der Waals surface area (Å²) in [6.07, 6.45) is 19.3. The van der Waals surface area contributed by atoms with E-state index in [1.807, 2.05) is 12.1 Å². The number of carbonyl (C=O) groups excluding carboxylic acids is 1. The van der Waals surface area contributed by atoms with Crippen LogP contribution in [-0.2, 0) is 0 Å². The molecule has 0 aliphatic heterocycles. The molecule has 0 saturated heterocycles. The van der Waals surface area contributed by atoms with Crippen molar-refractivity contribution in [3.8, 4) is 28.6 Å². The number of anilines is 2. The molecule has 0 bridgehead atoms. The van der Waals surface area contributed by atoms with Gasteiger partial charge in [0.1, 0.15) is 0 Å². The van der Waals surface area contributed by atoms with Gasteiger partial charge in [-0.15, -0.1) is 0 Å². The van der Waals surface area contributed by atoms with E-state index >= 15 is 0 Å². The normalized spacial score (nSPS) is 13.2. The highest BCUT2D eigenvalue weighted by molar-refractivity contribution is 5.87. The molecule has 57 heavy (non-hydrogen) atoms. The van der Waals surface area contributed by atoms with Gasteiger partial charge >= 0.3 is 6.03 Å². The van der Waals surface area contributed by atoms with Gasteiger partial charge in [-0.05, 0) is 92.6 Å². The standard InChI is InChI=1S/C47H84N6O4/c1-11-12-28-49-47(54)53-46-51-44(50-45(48)52-46)40-32-41(55-29-16-25-37(8)22-13-19-34(2)3)43(57-31-18-27-39(10)24-15-21-36(6)7)42(33-40)56-30-17-26-38(9)23-14-20-35(4)5/h32-39H,11-31H2,1-10H3,(H4,48,49,50,51,52,53,54). The summed E-state index contributed by atoms with van der Waals surface area (Å²) in [4.78, 5) is 25.9. The van der Waals surface area contributed by atoms with E-state index in [4.69, 9.17) is 19.9 Å². The second-order valence-electron chi connectivity index (χ2n) is 18.1. The largest absolute Gasteiger partial charge is 0.490 e. The molecule has 2 aromatic rings. The van der Waals surface area contributed by atoms with E-state index in [1.165, 1.54) is 57.8 Å². The van der Waals surface area contributed by atoms with Crippen molar-refractivity contribution in [3.63, 3.8) is 0 Å². The van der Waals surface area contributed by atoms with E-state index in [0.717, 1.165) is 69.1 Å². The van der Waals surface area contributed by atoms with E-state index in [-0.39, 0.29) is 17.9 Å². The van der Waals surface area contributed by atoms with Crippen LogP contribution in [0.4, 0.5) is 16.7 Å². The first-order chi connectivity index (χ1) is 27.3. The molecular formula is C47H84N6O4. The Hall–Kier alpha value is -3.30. The fourth-order valence-electron chi connectivity index (χ4n) is 7.05. The van der Waals surface area contributed by atoms with Crippen LogP contribution in [0, 0.1) is 35.5 Å². The maximum Gasteiger partial charge on any atom is 0.321 e. The average Bonchev–Trinajstić information content (AvgIpc) is 3.13. The molecule has 0 aliphatic rings. The monoisotopic (exact) mass is 797 g/mol. The van der Waals surface area contributed by atoms with Crippen LogP contribution in [0.5, 0.6) is 17.2 Å². The van der Waals surface area contributed by atoms with Crippen molar-refractivity contribution in [1.29, 1.82) is 0 Å². The molecule has 0 saturated carbocycles. The number of amides is 2. The van der Waals surface area contributed by atoms with Crippen molar-refractivity contribution in [1.82, 2.24) is 20.3 Å². The van der Waals surface area contributed by atoms with Crippen molar-refractivity contribution in [3.05, 3.63) is 12.1 Å². The van der Waals surface area contributed by atoms with Gasteiger partial charge in [-0.1, -0.05) is 133 Å². The van der Waals surface area contributed by atoms with Gasteiger partial charge in [0.25, 0.3) is 0 Å². The molecule has 3 atom stereocenters. The van der Waals surface area contributed by atoms with Crippen LogP contribution in [0.3, 0.4) is 0 Å². The number of nitrogens with one attached hydrogen (secondary N) is 2. The lowest BCUT2D eigenvalue weighted by atomic mass is 9.96. The number of hydrogen-bond donors (Lipinski definition) is 3. The third-order valence-corrected chi connectivity index (χ3v) is 10.7. The zero-order chi connectivity index (χ0) is 42.0. The van der Waals surface area contributed by atoms with Crippen LogP contribution in [0.2, 0.25) is 0 Å². The van der Waals surface area contributed by atoms with Gasteiger partial charge in [0.15, 0.2) is 17.3 Å². The number of aromatic nitrogens is 3. The molecule has 326 valence electrons. The molecule has 1 aromatic heterocycles. The summed E-state index contributed by atoms with van der Waals surface area (Å²) in [6, 6.07) is 3.45. The number of carbonyl (C=O) groups is 1. The van der Waals surface area contributed by atoms with Gasteiger partial charge in [-0.25, -0.2) is 4.79 Å². The van der Waals surface area contributed by atoms with Crippen LogP contribution >= 0.6 is 0 Å². The van der Waals surface area contributed by atoms with Crippen LogP contribution < -0.4 is 30.6 Å². The van der Waals surface area contributed by atoms with Crippen LogP contribution in [-0.4, -0.2) is 47.3 Å². The number of benzene rings is 1. The number of hydrogen-bond acceptors (Lipinski definition) is 8. The first kappa shape index (κ1) is 49.8. The number of unbranched alkanes of at least 4 members (excludes halogenated alkanes) is 1. The molecule has 4 N–H and O–H groups in total. The highest BCUT2D eigenvalue weighted by atomic mass is 16.5. The van der Waals surface area contributed by atoms with Crippen molar-refractivity contribution in [2.45, 2.75) is 178 Å². The Morgan fingerprint density at radius 1 is 0.596 bits per heavy atom. The lowest BCUT2D eigenvalue weighted by Crippen LogP contribution is -2.30. The fourth-order valence-corrected chi connectivity index (χ4v) is 7.05. The zero-order valence-corrected chi connectivity index (χ0v) is 38.0. The van der Waals surface area contributed by atoms with E-state index in [0.29, 0.717) is 72.8 Å². The minimum atomic E-state index is -0.386. The van der Waals surface area contributed by atoms with Crippen LogP contribution in [0.1, 0.15) is 178 Å². The first-order valence-corrected chi connectivity index (χ1v) is 22.9. The topological polar surface area (TPSA) is 134 Å². The molecule has 0 aliphatic carbocycles. The lowest BCUT2D eigenvalue weighted by molar-refractivity contribution is 0.227. The van der Waals surface area contributed by atoms with Gasteiger partial charge in [0.2, 0.25) is 17.6 Å². The van der Waals surface area contributed by atoms with Crippen molar-refractivity contribution < 1.29 is 19.0 Å². The predicted molar refractivity (Wildman–Crippen MR) is 239 cm³/mol. The third kappa shape index (κ3) is 23.0. The Bertz CT molecular complexity index is 1320. The van der Waals surface area contributed by atoms with Gasteiger partial charge < -0.3 is 25.3 Å². The van der Waals surface area contributed by atoms with Crippen LogP contribution in [0.15, 0.2) is 12.1 Å². The van der Waals surface area contributed by atoms with Crippen molar-refractivity contribution in [2.75, 3.05) is 37.4 Å². The number of nitrogens with two attached hydrogens (primary N) is 1. The molecule has 1 aromatic carbocycles. The molecule has 0 spiro atoms. The molecule has 3 unspecified atom stereocenters. The first-order valence-electron chi connectivity index (χ1n) is 22.9. The average molecular weight is 797 g/mol. The fraction of sp³-hybridized carbons (Fsp3) is 0.787. The summed E-state index contributed by atoms with van der Waals surface area (Å²) in [7, 11) is 0. The van der Waals surface area contributed by atoms with Crippen molar-refractivity contribution >= 4 is 17.9 Å². The minimum absolute atomic E-state index is 0.00884. The summed E-state index contributed by atoms with van der Waals surface area (Å²) in [6.45, 7) is 25.1. The van der Waals surface area contributed by atoms with Gasteiger partial charge in [0, 0.05) is 12.1 Å². The lowest BCUT2D eigenvalue weighted by Gasteiger charge is -2.20. The van der Waals surface area contributed by atoms with E-state index in [2.05, 4.69) is 94.8 Å². The molecule has 0 fully saturated rings. The summed E-state index contributed by atoms with van der Waals surface area (Å²) < 4.78 is 19.8. The number of rotatable bonds is 32. The van der Waals surface area contributed by atoms with Gasteiger partial charge in [-0.2, -0.15) is 15.0 Å². The number of nitrogens with zero attached hydrogens (tertiary/aromatic N) is 3. The smallest absolute Gasteiger partial charge is 0.321 e. The molecule has 10 heteroatoms. The zero-order valence-electron chi connectivity index (χ0n) is 38.0. The molecule has 1 heterocycles. The molecule has 0 radical (unpaired) electrons. The Morgan fingerprint density at radius 2 is 1.04 bits per heavy atom. The van der Waals surface area contributed by atoms with Gasteiger partial charge in [0.05, 0.1) is 19.8 Å². The maximum absolute atomic E-state index is 12.6. The second-order valence-corrected chi connectivity index (χ2v) is 18.1.